The van der Waals surface area contributed by atoms with Gasteiger partial charge in [0.1, 0.15) is 11.5 Å². The van der Waals surface area contributed by atoms with Gasteiger partial charge in [-0.1, -0.05) is 13.8 Å². The molecule has 1 aliphatic rings. The largest absolute Gasteiger partial charge is 0.351 e. The molecule has 1 aliphatic heterocycles. The van der Waals surface area contributed by atoms with Crippen LogP contribution in [0.5, 0.6) is 0 Å². The van der Waals surface area contributed by atoms with Crippen molar-refractivity contribution in [1.82, 2.24) is 20.2 Å². The van der Waals surface area contributed by atoms with Crippen molar-refractivity contribution < 1.29 is 4.79 Å². The Morgan fingerprint density at radius 2 is 2.33 bits per heavy atom. The molecule has 0 radical (unpaired) electrons. The monoisotopic (exact) mass is 290 g/mol. The van der Waals surface area contributed by atoms with Crippen LogP contribution in [-0.2, 0) is 0 Å². The average molecular weight is 290 g/mol. The second-order valence-corrected chi connectivity index (χ2v) is 6.27. The van der Waals surface area contributed by atoms with Crippen molar-refractivity contribution in [2.75, 3.05) is 26.7 Å². The van der Waals surface area contributed by atoms with Gasteiger partial charge in [-0.05, 0) is 44.8 Å². The van der Waals surface area contributed by atoms with Crippen LogP contribution in [0.1, 0.15) is 55.3 Å². The van der Waals surface area contributed by atoms with E-state index in [4.69, 9.17) is 0 Å². The Bertz CT molecular complexity index is 475. The SMILES string of the molecule is CC(C)c1nccc(C(=O)NCC[C@H]2CCCN(C)C2)n1. The predicted molar refractivity (Wildman–Crippen MR) is 83.3 cm³/mol. The fourth-order valence-electron chi connectivity index (χ4n) is 2.77. The highest BCUT2D eigenvalue weighted by Crippen LogP contribution is 2.17. The first-order chi connectivity index (χ1) is 10.1. The number of carbonyl (C=O) groups is 1. The Morgan fingerprint density at radius 1 is 1.52 bits per heavy atom. The first kappa shape index (κ1) is 15.9. The van der Waals surface area contributed by atoms with Crippen molar-refractivity contribution in [1.29, 1.82) is 0 Å². The number of amides is 1. The lowest BCUT2D eigenvalue weighted by Gasteiger charge is -2.29. The van der Waals surface area contributed by atoms with Gasteiger partial charge in [-0.2, -0.15) is 0 Å². The maximum absolute atomic E-state index is 12.1. The van der Waals surface area contributed by atoms with Gasteiger partial charge in [0.05, 0.1) is 0 Å². The second-order valence-electron chi connectivity index (χ2n) is 6.27. The zero-order valence-electron chi connectivity index (χ0n) is 13.3. The minimum atomic E-state index is -0.0940. The number of aromatic nitrogens is 2. The molecule has 2 rings (SSSR count). The molecule has 0 spiro atoms. The maximum atomic E-state index is 12.1. The summed E-state index contributed by atoms with van der Waals surface area (Å²) < 4.78 is 0. The summed E-state index contributed by atoms with van der Waals surface area (Å²) in [5.41, 5.74) is 0.467. The standard InChI is InChI=1S/C16H26N4O/c1-12(2)15-17-9-7-14(19-15)16(21)18-8-6-13-5-4-10-20(3)11-13/h7,9,12-13H,4-6,8,10-11H2,1-3H3,(H,18,21)/t13-/m1/s1. The molecule has 2 heterocycles. The molecular formula is C16H26N4O. The molecule has 21 heavy (non-hydrogen) atoms. The zero-order chi connectivity index (χ0) is 15.2. The summed E-state index contributed by atoms with van der Waals surface area (Å²) in [6, 6.07) is 1.68. The lowest BCUT2D eigenvalue weighted by molar-refractivity contribution is 0.0943. The minimum absolute atomic E-state index is 0.0940. The van der Waals surface area contributed by atoms with Crippen molar-refractivity contribution >= 4 is 5.91 Å². The van der Waals surface area contributed by atoms with Crippen LogP contribution in [0, 0.1) is 5.92 Å². The van der Waals surface area contributed by atoms with Crippen molar-refractivity contribution in [3.8, 4) is 0 Å². The molecule has 1 aromatic heterocycles. The molecule has 5 heteroatoms. The molecule has 0 saturated carbocycles. The molecule has 116 valence electrons. The van der Waals surface area contributed by atoms with Crippen molar-refractivity contribution in [2.45, 2.75) is 39.0 Å². The second kappa shape index (κ2) is 7.50. The van der Waals surface area contributed by atoms with E-state index in [1.165, 1.54) is 19.4 Å². The lowest BCUT2D eigenvalue weighted by Crippen LogP contribution is -2.34. The van der Waals surface area contributed by atoms with Gasteiger partial charge in [0, 0.05) is 25.2 Å². The zero-order valence-corrected chi connectivity index (χ0v) is 13.3. The van der Waals surface area contributed by atoms with Crippen LogP contribution in [0.3, 0.4) is 0 Å². The number of hydrogen-bond donors (Lipinski definition) is 1. The van der Waals surface area contributed by atoms with Crippen LogP contribution >= 0.6 is 0 Å². The number of hydrogen-bond acceptors (Lipinski definition) is 4. The maximum Gasteiger partial charge on any atom is 0.270 e. The van der Waals surface area contributed by atoms with E-state index in [0.717, 1.165) is 25.3 Å². The Kier molecular flexibility index (Phi) is 5.67. The van der Waals surface area contributed by atoms with E-state index in [1.54, 1.807) is 12.3 Å². The van der Waals surface area contributed by atoms with E-state index >= 15 is 0 Å². The number of carbonyl (C=O) groups excluding carboxylic acids is 1. The van der Waals surface area contributed by atoms with Gasteiger partial charge in [0.25, 0.3) is 5.91 Å². The molecule has 5 nitrogen and oxygen atoms in total. The van der Waals surface area contributed by atoms with E-state index < -0.39 is 0 Å². The lowest BCUT2D eigenvalue weighted by atomic mass is 9.95. The third kappa shape index (κ3) is 4.77. The predicted octanol–water partition coefficient (Wildman–Crippen LogP) is 2.06. The summed E-state index contributed by atoms with van der Waals surface area (Å²) >= 11 is 0. The Morgan fingerprint density at radius 3 is 3.05 bits per heavy atom. The van der Waals surface area contributed by atoms with Gasteiger partial charge >= 0.3 is 0 Å². The van der Waals surface area contributed by atoms with Gasteiger partial charge in [-0.3, -0.25) is 4.79 Å². The number of piperidine rings is 1. The summed E-state index contributed by atoms with van der Waals surface area (Å²) in [5, 5.41) is 2.98. The van der Waals surface area contributed by atoms with Gasteiger partial charge in [0.2, 0.25) is 0 Å². The Hall–Kier alpha value is -1.49. The smallest absolute Gasteiger partial charge is 0.270 e. The molecule has 1 atom stereocenters. The highest BCUT2D eigenvalue weighted by Gasteiger charge is 2.17. The molecular weight excluding hydrogens is 264 g/mol. The summed E-state index contributed by atoms with van der Waals surface area (Å²) in [4.78, 5) is 23.0. The van der Waals surface area contributed by atoms with E-state index in [9.17, 15) is 4.79 Å². The molecule has 0 aromatic carbocycles. The van der Waals surface area contributed by atoms with E-state index in [1.807, 2.05) is 13.8 Å². The van der Waals surface area contributed by atoms with Gasteiger partial charge in [-0.15, -0.1) is 0 Å². The number of rotatable bonds is 5. The topological polar surface area (TPSA) is 58.1 Å². The summed E-state index contributed by atoms with van der Waals surface area (Å²) in [7, 11) is 2.17. The average Bonchev–Trinajstić information content (AvgIpc) is 2.47. The number of nitrogens with one attached hydrogen (secondary N) is 1. The van der Waals surface area contributed by atoms with Crippen molar-refractivity contribution in [2.24, 2.45) is 5.92 Å². The third-order valence-corrected chi connectivity index (χ3v) is 3.98. The minimum Gasteiger partial charge on any atom is -0.351 e. The molecule has 1 aromatic rings. The number of likely N-dealkylation sites (tertiary alicyclic amines) is 1. The summed E-state index contributed by atoms with van der Waals surface area (Å²) in [6.07, 6.45) is 5.23. The molecule has 1 N–H and O–H groups in total. The van der Waals surface area contributed by atoms with Gasteiger partial charge in [-0.25, -0.2) is 9.97 Å². The van der Waals surface area contributed by atoms with E-state index in [0.29, 0.717) is 11.6 Å². The summed E-state index contributed by atoms with van der Waals surface area (Å²) in [5.74, 6) is 1.55. The molecule has 0 unspecified atom stereocenters. The normalized spacial score (nSPS) is 19.7. The van der Waals surface area contributed by atoms with Crippen molar-refractivity contribution in [3.05, 3.63) is 23.8 Å². The quantitative estimate of drug-likeness (QED) is 0.902. The highest BCUT2D eigenvalue weighted by molar-refractivity contribution is 5.92. The molecule has 1 amide bonds. The fourth-order valence-corrected chi connectivity index (χ4v) is 2.77. The first-order valence-electron chi connectivity index (χ1n) is 7.86. The van der Waals surface area contributed by atoms with Crippen LogP contribution < -0.4 is 5.32 Å². The molecule has 0 bridgehead atoms. The van der Waals surface area contributed by atoms with Gasteiger partial charge in [0.15, 0.2) is 0 Å². The molecule has 0 aliphatic carbocycles. The van der Waals surface area contributed by atoms with Crippen LogP contribution in [0.25, 0.3) is 0 Å². The third-order valence-electron chi connectivity index (χ3n) is 3.98. The van der Waals surface area contributed by atoms with Crippen LogP contribution in [-0.4, -0.2) is 47.5 Å². The molecule has 1 fully saturated rings. The van der Waals surface area contributed by atoms with E-state index in [2.05, 4.69) is 27.2 Å². The van der Waals surface area contributed by atoms with Crippen molar-refractivity contribution in [3.63, 3.8) is 0 Å². The Labute approximate surface area is 127 Å². The fraction of sp³-hybridized carbons (Fsp3) is 0.688. The molecule has 1 saturated heterocycles. The van der Waals surface area contributed by atoms with Gasteiger partial charge < -0.3 is 10.2 Å². The van der Waals surface area contributed by atoms with Crippen LogP contribution in [0.2, 0.25) is 0 Å². The number of nitrogens with zero attached hydrogens (tertiary/aromatic N) is 3. The Balaban J connectivity index is 1.80. The van der Waals surface area contributed by atoms with E-state index in [-0.39, 0.29) is 11.8 Å². The van der Waals surface area contributed by atoms with Crippen LogP contribution in [0.15, 0.2) is 12.3 Å². The summed E-state index contributed by atoms with van der Waals surface area (Å²) in [6.45, 7) is 7.11. The van der Waals surface area contributed by atoms with Crippen LogP contribution in [0.4, 0.5) is 0 Å². The first-order valence-corrected chi connectivity index (χ1v) is 7.86. The highest BCUT2D eigenvalue weighted by atomic mass is 16.1.